The van der Waals surface area contributed by atoms with Crippen LogP contribution in [0.2, 0.25) is 0 Å². The van der Waals surface area contributed by atoms with E-state index in [0.717, 1.165) is 18.4 Å². The minimum atomic E-state index is -0.619. The molecule has 5 nitrogen and oxygen atoms in total. The number of carbonyl (C=O) groups is 1. The summed E-state index contributed by atoms with van der Waals surface area (Å²) in [5.41, 5.74) is 1.31. The number of aliphatic hydroxyl groups is 1. The standard InChI is InChI=1S/C17H20FN3O2/c1-20-11-14(10-19-20)17(23)21-8-6-13(7-9-21)16(22)12-2-4-15(18)5-3-12/h2-5,10-11,13,16,22H,6-9H2,1H3. The van der Waals surface area contributed by atoms with Gasteiger partial charge in [-0.2, -0.15) is 5.10 Å². The van der Waals surface area contributed by atoms with Gasteiger partial charge in [0.2, 0.25) is 0 Å². The lowest BCUT2D eigenvalue weighted by molar-refractivity contribution is 0.0462. The average Bonchev–Trinajstić information content (AvgIpc) is 3.01. The van der Waals surface area contributed by atoms with Crippen molar-refractivity contribution in [3.8, 4) is 0 Å². The highest BCUT2D eigenvalue weighted by molar-refractivity contribution is 5.93. The average molecular weight is 317 g/mol. The summed E-state index contributed by atoms with van der Waals surface area (Å²) < 4.78 is 14.6. The Bertz CT molecular complexity index is 675. The van der Waals surface area contributed by atoms with Crippen molar-refractivity contribution in [3.05, 3.63) is 53.6 Å². The van der Waals surface area contributed by atoms with Gasteiger partial charge in [-0.15, -0.1) is 0 Å². The Balaban J connectivity index is 1.59. The number of aryl methyl sites for hydroxylation is 1. The summed E-state index contributed by atoms with van der Waals surface area (Å²) in [6.07, 6.45) is 4.12. The summed E-state index contributed by atoms with van der Waals surface area (Å²) in [4.78, 5) is 14.2. The molecule has 1 atom stereocenters. The molecule has 1 saturated heterocycles. The predicted molar refractivity (Wildman–Crippen MR) is 83.2 cm³/mol. The molecule has 0 radical (unpaired) electrons. The van der Waals surface area contributed by atoms with E-state index in [1.54, 1.807) is 41.2 Å². The molecule has 1 aliphatic rings. The third kappa shape index (κ3) is 3.42. The molecule has 6 heteroatoms. The highest BCUT2D eigenvalue weighted by Crippen LogP contribution is 2.31. The first-order chi connectivity index (χ1) is 11.0. The first-order valence-electron chi connectivity index (χ1n) is 7.76. The van der Waals surface area contributed by atoms with Crippen LogP contribution in [0.4, 0.5) is 4.39 Å². The SMILES string of the molecule is Cn1cc(C(=O)N2CCC(C(O)c3ccc(F)cc3)CC2)cn1. The normalized spacial score (nSPS) is 17.3. The van der Waals surface area contributed by atoms with Gasteiger partial charge in [-0.1, -0.05) is 12.1 Å². The maximum Gasteiger partial charge on any atom is 0.257 e. The summed E-state index contributed by atoms with van der Waals surface area (Å²) in [5, 5.41) is 14.5. The Morgan fingerprint density at radius 2 is 1.96 bits per heavy atom. The van der Waals surface area contributed by atoms with Gasteiger partial charge in [-0.3, -0.25) is 9.48 Å². The van der Waals surface area contributed by atoms with Gasteiger partial charge in [0, 0.05) is 26.3 Å². The number of amides is 1. The molecule has 1 aromatic heterocycles. The van der Waals surface area contributed by atoms with E-state index >= 15 is 0 Å². The number of benzene rings is 1. The Kier molecular flexibility index (Phi) is 4.43. The molecular formula is C17H20FN3O2. The Morgan fingerprint density at radius 1 is 1.30 bits per heavy atom. The van der Waals surface area contributed by atoms with Gasteiger partial charge < -0.3 is 10.0 Å². The molecule has 0 spiro atoms. The first kappa shape index (κ1) is 15.7. The molecule has 3 rings (SSSR count). The van der Waals surface area contributed by atoms with E-state index in [2.05, 4.69) is 5.10 Å². The van der Waals surface area contributed by atoms with Crippen LogP contribution in [0.15, 0.2) is 36.7 Å². The van der Waals surface area contributed by atoms with Crippen LogP contribution in [0.3, 0.4) is 0 Å². The van der Waals surface area contributed by atoms with Crippen molar-refractivity contribution in [3.63, 3.8) is 0 Å². The zero-order valence-corrected chi connectivity index (χ0v) is 13.0. The summed E-state index contributed by atoms with van der Waals surface area (Å²) >= 11 is 0. The Labute approximate surface area is 134 Å². The van der Waals surface area contributed by atoms with Crippen molar-refractivity contribution in [1.29, 1.82) is 0 Å². The van der Waals surface area contributed by atoms with Crippen molar-refractivity contribution in [1.82, 2.24) is 14.7 Å². The van der Waals surface area contributed by atoms with Gasteiger partial charge in [0.05, 0.1) is 17.9 Å². The van der Waals surface area contributed by atoms with Gasteiger partial charge in [-0.25, -0.2) is 4.39 Å². The van der Waals surface area contributed by atoms with E-state index in [1.165, 1.54) is 12.1 Å². The van der Waals surface area contributed by atoms with Gasteiger partial charge in [0.25, 0.3) is 5.91 Å². The fraction of sp³-hybridized carbons (Fsp3) is 0.412. The molecule has 1 aromatic carbocycles. The molecule has 1 unspecified atom stereocenters. The number of hydrogen-bond donors (Lipinski definition) is 1. The second kappa shape index (κ2) is 6.50. The minimum Gasteiger partial charge on any atom is -0.388 e. The fourth-order valence-corrected chi connectivity index (χ4v) is 3.06. The molecular weight excluding hydrogens is 297 g/mol. The quantitative estimate of drug-likeness (QED) is 0.943. The first-order valence-corrected chi connectivity index (χ1v) is 7.76. The highest BCUT2D eigenvalue weighted by atomic mass is 19.1. The largest absolute Gasteiger partial charge is 0.388 e. The number of piperidine rings is 1. The number of carbonyl (C=O) groups excluding carboxylic acids is 1. The Morgan fingerprint density at radius 3 is 2.52 bits per heavy atom. The Hall–Kier alpha value is -2.21. The monoisotopic (exact) mass is 317 g/mol. The number of hydrogen-bond acceptors (Lipinski definition) is 3. The third-order valence-electron chi connectivity index (χ3n) is 4.44. The van der Waals surface area contributed by atoms with Crippen LogP contribution in [0, 0.1) is 11.7 Å². The lowest BCUT2D eigenvalue weighted by atomic mass is 9.87. The zero-order valence-electron chi connectivity index (χ0n) is 13.0. The molecule has 2 heterocycles. The molecule has 0 aliphatic carbocycles. The van der Waals surface area contributed by atoms with Crippen molar-refractivity contribution < 1.29 is 14.3 Å². The van der Waals surface area contributed by atoms with Gasteiger partial charge in [0.15, 0.2) is 0 Å². The summed E-state index contributed by atoms with van der Waals surface area (Å²) in [6.45, 7) is 1.22. The van der Waals surface area contributed by atoms with E-state index in [4.69, 9.17) is 0 Å². The number of halogens is 1. The van der Waals surface area contributed by atoms with Crippen LogP contribution in [-0.4, -0.2) is 38.8 Å². The van der Waals surface area contributed by atoms with Crippen molar-refractivity contribution in [2.75, 3.05) is 13.1 Å². The minimum absolute atomic E-state index is 0.0205. The van der Waals surface area contributed by atoms with Crippen LogP contribution in [0.1, 0.15) is 34.9 Å². The van der Waals surface area contributed by atoms with Crippen molar-refractivity contribution in [2.24, 2.45) is 13.0 Å². The number of likely N-dealkylation sites (tertiary alicyclic amines) is 1. The van der Waals surface area contributed by atoms with Crippen LogP contribution in [-0.2, 0) is 7.05 Å². The maximum atomic E-state index is 13.0. The van der Waals surface area contributed by atoms with E-state index in [1.807, 2.05) is 0 Å². The lowest BCUT2D eigenvalue weighted by Gasteiger charge is -2.34. The van der Waals surface area contributed by atoms with E-state index < -0.39 is 6.10 Å². The molecule has 0 bridgehead atoms. The summed E-state index contributed by atoms with van der Waals surface area (Å²) in [6, 6.07) is 5.96. The van der Waals surface area contributed by atoms with E-state index in [0.29, 0.717) is 18.7 Å². The van der Waals surface area contributed by atoms with Crippen molar-refractivity contribution >= 4 is 5.91 Å². The lowest BCUT2D eigenvalue weighted by Crippen LogP contribution is -2.39. The number of nitrogens with zero attached hydrogens (tertiary/aromatic N) is 3. The summed E-state index contributed by atoms with van der Waals surface area (Å²) in [7, 11) is 1.78. The third-order valence-corrected chi connectivity index (χ3v) is 4.44. The second-order valence-corrected chi connectivity index (χ2v) is 6.03. The highest BCUT2D eigenvalue weighted by Gasteiger charge is 2.29. The second-order valence-electron chi connectivity index (χ2n) is 6.03. The summed E-state index contributed by atoms with van der Waals surface area (Å²) in [5.74, 6) is -0.246. The number of aliphatic hydroxyl groups excluding tert-OH is 1. The van der Waals surface area contributed by atoms with Gasteiger partial charge >= 0.3 is 0 Å². The molecule has 1 amide bonds. The van der Waals surface area contributed by atoms with Crippen LogP contribution < -0.4 is 0 Å². The predicted octanol–water partition coefficient (Wildman–Crippen LogP) is 2.14. The molecule has 1 fully saturated rings. The van der Waals surface area contributed by atoms with Crippen LogP contribution in [0.25, 0.3) is 0 Å². The van der Waals surface area contributed by atoms with Crippen LogP contribution in [0.5, 0.6) is 0 Å². The van der Waals surface area contributed by atoms with E-state index in [9.17, 15) is 14.3 Å². The fourth-order valence-electron chi connectivity index (χ4n) is 3.06. The molecule has 23 heavy (non-hydrogen) atoms. The molecule has 1 N–H and O–H groups in total. The molecule has 2 aromatic rings. The number of rotatable bonds is 3. The number of aromatic nitrogens is 2. The van der Waals surface area contributed by atoms with Crippen molar-refractivity contribution in [2.45, 2.75) is 18.9 Å². The smallest absolute Gasteiger partial charge is 0.257 e. The molecule has 1 aliphatic heterocycles. The zero-order chi connectivity index (χ0) is 16.4. The van der Waals surface area contributed by atoms with E-state index in [-0.39, 0.29) is 17.6 Å². The molecule has 0 saturated carbocycles. The van der Waals surface area contributed by atoms with Gasteiger partial charge in [-0.05, 0) is 36.5 Å². The topological polar surface area (TPSA) is 58.4 Å². The molecule has 122 valence electrons. The van der Waals surface area contributed by atoms with Crippen LogP contribution >= 0.6 is 0 Å². The van der Waals surface area contributed by atoms with Gasteiger partial charge in [0.1, 0.15) is 5.82 Å². The maximum absolute atomic E-state index is 13.0.